The van der Waals surface area contributed by atoms with Gasteiger partial charge in [-0.15, -0.1) is 0 Å². The summed E-state index contributed by atoms with van der Waals surface area (Å²) in [4.78, 5) is 13.3. The van der Waals surface area contributed by atoms with Gasteiger partial charge in [0.2, 0.25) is 0 Å². The van der Waals surface area contributed by atoms with E-state index in [0.29, 0.717) is 12.6 Å². The van der Waals surface area contributed by atoms with Gasteiger partial charge in [0.1, 0.15) is 0 Å². The van der Waals surface area contributed by atoms with Crippen LogP contribution < -0.4 is 5.73 Å². The van der Waals surface area contributed by atoms with Crippen molar-refractivity contribution < 1.29 is 9.53 Å². The molecule has 2 fully saturated rings. The van der Waals surface area contributed by atoms with Crippen molar-refractivity contribution in [2.75, 3.05) is 13.2 Å². The number of nitrogens with two attached hydrogens (primary N) is 1. The quantitative estimate of drug-likeness (QED) is 0.579. The van der Waals surface area contributed by atoms with Crippen molar-refractivity contribution in [3.8, 4) is 0 Å². The Morgan fingerprint density at radius 3 is 2.50 bits per heavy atom. The predicted octanol–water partition coefficient (Wildman–Crippen LogP) is 1.67. The zero-order valence-electron chi connectivity index (χ0n) is 11.4. The Hall–Kier alpha value is -0.610. The molecule has 0 aliphatic carbocycles. The number of hydrogen-bond acceptors (Lipinski definition) is 4. The van der Waals surface area contributed by atoms with Crippen molar-refractivity contribution in [2.45, 2.75) is 70.0 Å². The second kappa shape index (κ2) is 6.53. The molecule has 0 spiro atoms. The molecule has 0 aromatic rings. The fourth-order valence-corrected chi connectivity index (χ4v) is 3.47. The number of ether oxygens (including phenoxy) is 1. The van der Waals surface area contributed by atoms with Crippen LogP contribution in [0, 0.1) is 0 Å². The second-order valence-corrected chi connectivity index (χ2v) is 5.76. The van der Waals surface area contributed by atoms with Crippen molar-refractivity contribution in [2.24, 2.45) is 5.73 Å². The molecule has 2 heterocycles. The van der Waals surface area contributed by atoms with Crippen LogP contribution in [0.5, 0.6) is 0 Å². The number of hydrogen-bond donors (Lipinski definition) is 1. The Kier molecular flexibility index (Phi) is 5.01. The largest absolute Gasteiger partial charge is 0.466 e. The van der Waals surface area contributed by atoms with Crippen LogP contribution in [0.25, 0.3) is 0 Å². The van der Waals surface area contributed by atoms with E-state index in [1.165, 1.54) is 45.6 Å². The van der Waals surface area contributed by atoms with Gasteiger partial charge in [0, 0.05) is 25.0 Å². The van der Waals surface area contributed by atoms with E-state index in [9.17, 15) is 4.79 Å². The summed E-state index contributed by atoms with van der Waals surface area (Å²) in [5, 5.41) is 0. The zero-order chi connectivity index (χ0) is 13.0. The lowest BCUT2D eigenvalue weighted by Gasteiger charge is -2.37. The third-order valence-corrected chi connectivity index (χ3v) is 4.29. The fourth-order valence-electron chi connectivity index (χ4n) is 3.47. The molecule has 2 N–H and O–H groups in total. The predicted molar refractivity (Wildman–Crippen MR) is 71.2 cm³/mol. The molecule has 4 nitrogen and oxygen atoms in total. The summed E-state index contributed by atoms with van der Waals surface area (Å²) in [6.07, 6.45) is 8.40. The van der Waals surface area contributed by atoms with E-state index in [1.807, 2.05) is 0 Å². The van der Waals surface area contributed by atoms with E-state index in [0.717, 1.165) is 24.9 Å². The van der Waals surface area contributed by atoms with Gasteiger partial charge in [-0.2, -0.15) is 0 Å². The molecule has 2 aliphatic rings. The van der Waals surface area contributed by atoms with E-state index in [2.05, 4.69) is 4.90 Å². The minimum absolute atomic E-state index is 0.168. The first kappa shape index (κ1) is 13.8. The lowest BCUT2D eigenvalue weighted by molar-refractivity contribution is -0.141. The van der Waals surface area contributed by atoms with Crippen LogP contribution in [0.2, 0.25) is 0 Å². The number of rotatable bonds is 6. The van der Waals surface area contributed by atoms with Crippen LogP contribution in [-0.4, -0.2) is 42.1 Å². The van der Waals surface area contributed by atoms with Crippen LogP contribution in [0.4, 0.5) is 0 Å². The van der Waals surface area contributed by atoms with E-state index >= 15 is 0 Å². The molecule has 104 valence electrons. The van der Waals surface area contributed by atoms with Gasteiger partial charge >= 0.3 is 5.97 Å². The number of nitrogens with zero attached hydrogens (tertiary/aromatic N) is 1. The number of fused-ring (bicyclic) bond motifs is 2. The first-order valence-electron chi connectivity index (χ1n) is 7.31. The smallest absolute Gasteiger partial charge is 0.302 e. The van der Waals surface area contributed by atoms with E-state index in [4.69, 9.17) is 10.5 Å². The molecule has 0 amide bonds. The molecule has 2 saturated heterocycles. The Balaban J connectivity index is 1.58. The fraction of sp³-hybridized carbons (Fsp3) is 0.929. The highest BCUT2D eigenvalue weighted by atomic mass is 16.5. The van der Waals surface area contributed by atoms with Gasteiger partial charge in [0.25, 0.3) is 0 Å². The lowest BCUT2D eigenvalue weighted by atomic mass is 9.98. The molecule has 18 heavy (non-hydrogen) atoms. The Morgan fingerprint density at radius 2 is 1.89 bits per heavy atom. The van der Waals surface area contributed by atoms with Gasteiger partial charge in [0.15, 0.2) is 0 Å². The highest BCUT2D eigenvalue weighted by molar-refractivity contribution is 5.65. The van der Waals surface area contributed by atoms with Gasteiger partial charge in [-0.1, -0.05) is 0 Å². The monoisotopic (exact) mass is 254 g/mol. The van der Waals surface area contributed by atoms with Gasteiger partial charge in [-0.05, 0) is 51.5 Å². The molecule has 1 unspecified atom stereocenters. The molecule has 2 aliphatic heterocycles. The van der Waals surface area contributed by atoms with Gasteiger partial charge in [-0.3, -0.25) is 9.69 Å². The lowest BCUT2D eigenvalue weighted by Crippen LogP contribution is -2.47. The highest BCUT2D eigenvalue weighted by Gasteiger charge is 2.38. The Morgan fingerprint density at radius 1 is 1.22 bits per heavy atom. The van der Waals surface area contributed by atoms with Crippen LogP contribution in [0.3, 0.4) is 0 Å². The van der Waals surface area contributed by atoms with Gasteiger partial charge in [-0.25, -0.2) is 0 Å². The molecule has 2 bridgehead atoms. The van der Waals surface area contributed by atoms with E-state index < -0.39 is 0 Å². The molecule has 4 heteroatoms. The number of piperidine rings is 1. The number of unbranched alkanes of at least 4 members (excludes halogenated alkanes) is 2. The molecular weight excluding hydrogens is 228 g/mol. The highest BCUT2D eigenvalue weighted by Crippen LogP contribution is 2.35. The summed E-state index contributed by atoms with van der Waals surface area (Å²) in [5.41, 5.74) is 6.07. The molecule has 2 rings (SSSR count). The number of esters is 1. The van der Waals surface area contributed by atoms with Crippen LogP contribution in [0.15, 0.2) is 0 Å². The third-order valence-electron chi connectivity index (χ3n) is 4.29. The summed E-state index contributed by atoms with van der Waals surface area (Å²) in [5.74, 6) is -0.168. The third kappa shape index (κ3) is 3.69. The maximum absolute atomic E-state index is 10.6. The molecule has 0 aromatic carbocycles. The minimum atomic E-state index is -0.168. The van der Waals surface area contributed by atoms with Crippen molar-refractivity contribution in [1.29, 1.82) is 0 Å². The average molecular weight is 254 g/mol. The summed E-state index contributed by atoms with van der Waals surface area (Å²) >= 11 is 0. The molecular formula is C14H26N2O2. The van der Waals surface area contributed by atoms with Crippen LogP contribution in [0.1, 0.15) is 51.9 Å². The Labute approximate surface area is 110 Å². The van der Waals surface area contributed by atoms with E-state index in [-0.39, 0.29) is 5.97 Å². The SMILES string of the molecule is CC(=O)OCCCCCN1[C@@H]2CC[C@H]1CC(N)C2. The van der Waals surface area contributed by atoms with Crippen LogP contribution in [-0.2, 0) is 9.53 Å². The van der Waals surface area contributed by atoms with Gasteiger partial charge < -0.3 is 10.5 Å². The second-order valence-electron chi connectivity index (χ2n) is 5.76. The van der Waals surface area contributed by atoms with E-state index in [1.54, 1.807) is 0 Å². The topological polar surface area (TPSA) is 55.6 Å². The van der Waals surface area contributed by atoms with Gasteiger partial charge in [0.05, 0.1) is 6.61 Å². The minimum Gasteiger partial charge on any atom is -0.466 e. The first-order valence-corrected chi connectivity index (χ1v) is 7.31. The van der Waals surface area contributed by atoms with Crippen molar-refractivity contribution in [3.63, 3.8) is 0 Å². The number of carbonyl (C=O) groups is 1. The first-order chi connectivity index (χ1) is 8.66. The van der Waals surface area contributed by atoms with Crippen molar-refractivity contribution >= 4 is 5.97 Å². The molecule has 0 aromatic heterocycles. The summed E-state index contributed by atoms with van der Waals surface area (Å²) in [6, 6.07) is 1.92. The molecule has 3 atom stereocenters. The van der Waals surface area contributed by atoms with Crippen molar-refractivity contribution in [1.82, 2.24) is 4.90 Å². The normalized spacial score (nSPS) is 31.6. The average Bonchev–Trinajstić information content (AvgIpc) is 2.56. The summed E-state index contributed by atoms with van der Waals surface area (Å²) in [7, 11) is 0. The summed E-state index contributed by atoms with van der Waals surface area (Å²) < 4.78 is 4.93. The molecule has 0 radical (unpaired) electrons. The number of carbonyl (C=O) groups excluding carboxylic acids is 1. The van der Waals surface area contributed by atoms with Crippen LogP contribution >= 0.6 is 0 Å². The van der Waals surface area contributed by atoms with Crippen molar-refractivity contribution in [3.05, 3.63) is 0 Å². The summed E-state index contributed by atoms with van der Waals surface area (Å²) in [6.45, 7) is 3.24. The zero-order valence-corrected chi connectivity index (χ0v) is 11.4. The Bertz CT molecular complexity index is 269. The standard InChI is InChI=1S/C14H26N2O2/c1-11(17)18-8-4-2-3-7-16-13-5-6-14(16)10-12(15)9-13/h12-14H,2-10,15H2,1H3/t12?,13-,14+. The maximum atomic E-state index is 10.6. The maximum Gasteiger partial charge on any atom is 0.302 e. The molecule has 0 saturated carbocycles.